The number of hydrogen-bond donors (Lipinski definition) is 1. The molecule has 0 aromatic heterocycles. The van der Waals surface area contributed by atoms with Crippen molar-refractivity contribution >= 4 is 28.1 Å². The number of nitrogens with one attached hydrogen (secondary N) is 1. The molecule has 0 spiro atoms. The average molecular weight is 395 g/mol. The van der Waals surface area contributed by atoms with Gasteiger partial charge in [-0.2, -0.15) is 5.10 Å². The summed E-state index contributed by atoms with van der Waals surface area (Å²) in [6, 6.07) is 3.63. The van der Waals surface area contributed by atoms with Gasteiger partial charge in [0.1, 0.15) is 11.5 Å². The number of carbonyl (C=O) groups excluding carboxylic acids is 1. The lowest BCUT2D eigenvalue weighted by molar-refractivity contribution is -0.123. The second kappa shape index (κ2) is 6.75. The number of hydrogen-bond acceptors (Lipinski definition) is 4. The Bertz CT molecular complexity index is 676. The van der Waals surface area contributed by atoms with Gasteiger partial charge in [-0.3, -0.25) is 4.79 Å². The Morgan fingerprint density at radius 1 is 1.33 bits per heavy atom. The van der Waals surface area contributed by atoms with E-state index in [1.165, 1.54) is 12.8 Å². The number of halogens is 1. The monoisotopic (exact) mass is 394 g/mol. The minimum Gasteiger partial charge on any atom is -0.496 e. The molecule has 2 fully saturated rings. The van der Waals surface area contributed by atoms with E-state index in [2.05, 4.69) is 33.4 Å². The molecule has 1 N–H and O–H groups in total. The molecule has 2 saturated carbocycles. The van der Waals surface area contributed by atoms with Gasteiger partial charge in [0.25, 0.3) is 0 Å². The molecule has 1 aromatic carbocycles. The predicted molar refractivity (Wildman–Crippen MR) is 96.5 cm³/mol. The van der Waals surface area contributed by atoms with Crippen LogP contribution in [0.1, 0.15) is 38.2 Å². The number of methoxy groups -OCH3 is 2. The van der Waals surface area contributed by atoms with Gasteiger partial charge in [-0.25, -0.2) is 5.43 Å². The van der Waals surface area contributed by atoms with Crippen LogP contribution >= 0.6 is 15.9 Å². The van der Waals surface area contributed by atoms with Gasteiger partial charge in [-0.1, -0.05) is 19.8 Å². The standard InChI is InChI=1S/C18H23BrN2O3/c1-18-7-5-4-6-12(18)16(18)17(22)21-20-10-11-8-13(19)15(24-3)9-14(11)23-2/h8-10,12,16H,4-7H2,1-3H3,(H,21,22)/b20-10+/t12-,16+,18+/m1/s1. The summed E-state index contributed by atoms with van der Waals surface area (Å²) in [5, 5.41) is 4.13. The van der Waals surface area contributed by atoms with E-state index in [1.54, 1.807) is 26.5 Å². The van der Waals surface area contributed by atoms with Crippen LogP contribution in [-0.2, 0) is 4.79 Å². The third-order valence-electron chi connectivity index (χ3n) is 5.50. The molecular weight excluding hydrogens is 372 g/mol. The molecule has 3 rings (SSSR count). The van der Waals surface area contributed by atoms with Crippen LogP contribution in [0.5, 0.6) is 11.5 Å². The normalized spacial score (nSPS) is 28.3. The molecular formula is C18H23BrN2O3. The van der Waals surface area contributed by atoms with E-state index >= 15 is 0 Å². The third-order valence-corrected chi connectivity index (χ3v) is 6.12. The first kappa shape index (κ1) is 17.3. The third kappa shape index (κ3) is 3.04. The summed E-state index contributed by atoms with van der Waals surface area (Å²) in [5.41, 5.74) is 3.66. The largest absolute Gasteiger partial charge is 0.496 e. The summed E-state index contributed by atoms with van der Waals surface area (Å²) in [6.07, 6.45) is 6.40. The molecule has 1 amide bonds. The lowest BCUT2D eigenvalue weighted by Crippen LogP contribution is -2.22. The van der Waals surface area contributed by atoms with Crippen LogP contribution in [0, 0.1) is 17.3 Å². The Kier molecular flexibility index (Phi) is 4.85. The van der Waals surface area contributed by atoms with Gasteiger partial charge >= 0.3 is 0 Å². The minimum atomic E-state index is 0.0344. The molecule has 2 aliphatic carbocycles. The van der Waals surface area contributed by atoms with Gasteiger partial charge in [0, 0.05) is 17.5 Å². The van der Waals surface area contributed by atoms with Crippen LogP contribution in [0.2, 0.25) is 0 Å². The molecule has 1 aromatic rings. The highest BCUT2D eigenvalue weighted by Gasteiger charge is 2.64. The zero-order valence-corrected chi connectivity index (χ0v) is 15.9. The number of carbonyl (C=O) groups is 1. The number of nitrogens with zero attached hydrogens (tertiary/aromatic N) is 1. The highest BCUT2D eigenvalue weighted by Crippen LogP contribution is 2.66. The SMILES string of the molecule is COc1cc(OC)c(/C=N/NC(=O)[C@@H]2[C@H]3CCCC[C@@]32C)cc1Br. The zero-order valence-electron chi connectivity index (χ0n) is 14.3. The number of benzene rings is 1. The van der Waals surface area contributed by atoms with Gasteiger partial charge in [0.15, 0.2) is 0 Å². The summed E-state index contributed by atoms with van der Waals surface area (Å²) < 4.78 is 11.4. The number of amides is 1. The number of hydrazone groups is 1. The van der Waals surface area contributed by atoms with Crippen molar-refractivity contribution in [3.05, 3.63) is 22.2 Å². The molecule has 0 aliphatic heterocycles. The summed E-state index contributed by atoms with van der Waals surface area (Å²) in [4.78, 5) is 12.4. The van der Waals surface area contributed by atoms with Gasteiger partial charge in [0.2, 0.25) is 5.91 Å². The lowest BCUT2D eigenvalue weighted by atomic mass is 9.90. The summed E-state index contributed by atoms with van der Waals surface area (Å²) in [7, 11) is 3.19. The molecule has 0 radical (unpaired) electrons. The van der Waals surface area contributed by atoms with E-state index in [0.29, 0.717) is 17.4 Å². The Hall–Kier alpha value is -1.56. The van der Waals surface area contributed by atoms with Crippen molar-refractivity contribution in [3.63, 3.8) is 0 Å². The summed E-state index contributed by atoms with van der Waals surface area (Å²) in [6.45, 7) is 2.23. The van der Waals surface area contributed by atoms with Crippen LogP contribution in [0.25, 0.3) is 0 Å². The van der Waals surface area contributed by atoms with Crippen molar-refractivity contribution in [2.45, 2.75) is 32.6 Å². The van der Waals surface area contributed by atoms with E-state index < -0.39 is 0 Å². The van der Waals surface area contributed by atoms with Crippen LogP contribution in [0.4, 0.5) is 0 Å². The van der Waals surface area contributed by atoms with Crippen LogP contribution < -0.4 is 14.9 Å². The first-order valence-corrected chi connectivity index (χ1v) is 9.05. The molecule has 24 heavy (non-hydrogen) atoms. The van der Waals surface area contributed by atoms with Gasteiger partial charge in [-0.05, 0) is 46.2 Å². The Morgan fingerprint density at radius 2 is 2.08 bits per heavy atom. The first-order valence-electron chi connectivity index (χ1n) is 8.25. The smallest absolute Gasteiger partial charge is 0.244 e. The van der Waals surface area contributed by atoms with Crippen molar-refractivity contribution < 1.29 is 14.3 Å². The summed E-state index contributed by atoms with van der Waals surface area (Å²) >= 11 is 3.44. The van der Waals surface area contributed by atoms with Crippen LogP contribution in [-0.4, -0.2) is 26.3 Å². The Labute approximate surface area is 150 Å². The van der Waals surface area contributed by atoms with E-state index in [-0.39, 0.29) is 17.2 Å². The quantitative estimate of drug-likeness (QED) is 0.610. The molecule has 6 heteroatoms. The Balaban J connectivity index is 1.66. The molecule has 0 heterocycles. The number of rotatable bonds is 5. The fourth-order valence-corrected chi connectivity index (χ4v) is 4.59. The number of ether oxygens (including phenoxy) is 2. The molecule has 5 nitrogen and oxygen atoms in total. The van der Waals surface area contributed by atoms with Crippen LogP contribution in [0.15, 0.2) is 21.7 Å². The molecule has 2 aliphatic rings. The van der Waals surface area contributed by atoms with Crippen molar-refractivity contribution in [2.75, 3.05) is 14.2 Å². The van der Waals surface area contributed by atoms with Crippen LogP contribution in [0.3, 0.4) is 0 Å². The van der Waals surface area contributed by atoms with Crippen molar-refractivity contribution in [1.82, 2.24) is 5.43 Å². The lowest BCUT2D eigenvalue weighted by Gasteiger charge is -2.15. The fraction of sp³-hybridized carbons (Fsp3) is 0.556. The van der Waals surface area contributed by atoms with Gasteiger partial charge < -0.3 is 9.47 Å². The van der Waals surface area contributed by atoms with Crippen molar-refractivity contribution in [2.24, 2.45) is 22.4 Å². The molecule has 0 saturated heterocycles. The van der Waals surface area contributed by atoms with Crippen molar-refractivity contribution in [3.8, 4) is 11.5 Å². The maximum absolute atomic E-state index is 12.4. The van der Waals surface area contributed by atoms with E-state index in [1.807, 2.05) is 6.07 Å². The second-order valence-electron chi connectivity index (χ2n) is 6.80. The fourth-order valence-electron chi connectivity index (χ4n) is 4.07. The molecule has 0 unspecified atom stereocenters. The zero-order chi connectivity index (χ0) is 17.3. The van der Waals surface area contributed by atoms with Gasteiger partial charge in [-0.15, -0.1) is 0 Å². The second-order valence-corrected chi connectivity index (χ2v) is 7.65. The average Bonchev–Trinajstić information content (AvgIpc) is 3.20. The molecule has 3 atom stereocenters. The molecule has 0 bridgehead atoms. The first-order chi connectivity index (χ1) is 11.5. The van der Waals surface area contributed by atoms with E-state index in [9.17, 15) is 4.79 Å². The minimum absolute atomic E-state index is 0.0344. The highest BCUT2D eigenvalue weighted by molar-refractivity contribution is 9.10. The van der Waals surface area contributed by atoms with Crippen molar-refractivity contribution in [1.29, 1.82) is 0 Å². The molecule has 130 valence electrons. The highest BCUT2D eigenvalue weighted by atomic mass is 79.9. The summed E-state index contributed by atoms with van der Waals surface area (Å²) in [5.74, 6) is 2.00. The van der Waals surface area contributed by atoms with E-state index in [4.69, 9.17) is 9.47 Å². The topological polar surface area (TPSA) is 59.9 Å². The predicted octanol–water partition coefficient (Wildman–Crippen LogP) is 3.74. The van der Waals surface area contributed by atoms with Gasteiger partial charge in [0.05, 0.1) is 24.9 Å². The maximum atomic E-state index is 12.4. The Morgan fingerprint density at radius 3 is 2.71 bits per heavy atom. The number of fused-ring (bicyclic) bond motifs is 1. The van der Waals surface area contributed by atoms with E-state index in [0.717, 1.165) is 22.9 Å². The maximum Gasteiger partial charge on any atom is 0.244 e.